The van der Waals surface area contributed by atoms with Gasteiger partial charge in [-0.05, 0) is 35.9 Å². The van der Waals surface area contributed by atoms with E-state index in [0.29, 0.717) is 11.3 Å². The summed E-state index contributed by atoms with van der Waals surface area (Å²) in [5.41, 5.74) is 1.35. The minimum Gasteiger partial charge on any atom is -0.484 e. The first-order valence-electron chi connectivity index (χ1n) is 7.12. The van der Waals surface area contributed by atoms with Gasteiger partial charge in [-0.2, -0.15) is 0 Å². The quantitative estimate of drug-likeness (QED) is 0.607. The van der Waals surface area contributed by atoms with Crippen molar-refractivity contribution < 1.29 is 14.3 Å². The molecule has 5 heteroatoms. The molecule has 0 fully saturated rings. The highest BCUT2D eigenvalue weighted by molar-refractivity contribution is 6.07. The van der Waals surface area contributed by atoms with E-state index < -0.39 is 0 Å². The van der Waals surface area contributed by atoms with E-state index in [-0.39, 0.29) is 18.3 Å². The number of allylic oxidation sites excluding steroid dienone is 1. The molecule has 0 saturated heterocycles. The van der Waals surface area contributed by atoms with E-state index in [0.717, 1.165) is 5.56 Å². The van der Waals surface area contributed by atoms with E-state index in [1.165, 1.54) is 11.0 Å². The molecule has 1 aromatic heterocycles. The number of ketones is 1. The molecule has 23 heavy (non-hydrogen) atoms. The van der Waals surface area contributed by atoms with Gasteiger partial charge in [0.2, 0.25) is 0 Å². The number of benzene rings is 1. The molecule has 2 rings (SSSR count). The minimum atomic E-state index is -0.141. The third-order valence-corrected chi connectivity index (χ3v) is 3.09. The lowest BCUT2D eigenvalue weighted by Crippen LogP contribution is -2.27. The van der Waals surface area contributed by atoms with Gasteiger partial charge in [-0.3, -0.25) is 14.6 Å². The maximum atomic E-state index is 12.2. The van der Waals surface area contributed by atoms with E-state index in [1.54, 1.807) is 62.9 Å². The first kappa shape index (κ1) is 16.4. The third kappa shape index (κ3) is 5.07. The Morgan fingerprint density at radius 1 is 1.22 bits per heavy atom. The Morgan fingerprint density at radius 3 is 2.74 bits per heavy atom. The number of hydrogen-bond donors (Lipinski definition) is 0. The van der Waals surface area contributed by atoms with Gasteiger partial charge in [0.15, 0.2) is 12.4 Å². The second-order valence-electron chi connectivity index (χ2n) is 5.09. The molecule has 118 valence electrons. The van der Waals surface area contributed by atoms with Crippen molar-refractivity contribution in [2.45, 2.75) is 0 Å². The fourth-order valence-electron chi connectivity index (χ4n) is 1.76. The van der Waals surface area contributed by atoms with E-state index in [2.05, 4.69) is 4.98 Å². The number of ether oxygens (including phenoxy) is 1. The number of rotatable bonds is 6. The van der Waals surface area contributed by atoms with Crippen molar-refractivity contribution in [3.8, 4) is 5.75 Å². The van der Waals surface area contributed by atoms with Gasteiger partial charge in [0, 0.05) is 32.1 Å². The van der Waals surface area contributed by atoms with Gasteiger partial charge in [-0.15, -0.1) is 0 Å². The van der Waals surface area contributed by atoms with Crippen LogP contribution >= 0.6 is 0 Å². The van der Waals surface area contributed by atoms with Crippen molar-refractivity contribution in [3.05, 3.63) is 66.0 Å². The van der Waals surface area contributed by atoms with Crippen molar-refractivity contribution in [1.29, 1.82) is 0 Å². The van der Waals surface area contributed by atoms with Crippen LogP contribution < -0.4 is 4.74 Å². The Labute approximate surface area is 135 Å². The summed E-state index contributed by atoms with van der Waals surface area (Å²) < 4.78 is 5.41. The average Bonchev–Trinajstić information content (AvgIpc) is 2.58. The van der Waals surface area contributed by atoms with Crippen LogP contribution in [0, 0.1) is 0 Å². The lowest BCUT2D eigenvalue weighted by atomic mass is 10.1. The summed E-state index contributed by atoms with van der Waals surface area (Å²) in [7, 11) is 3.32. The monoisotopic (exact) mass is 310 g/mol. The molecule has 0 aliphatic carbocycles. The average molecular weight is 310 g/mol. The predicted octanol–water partition coefficient (Wildman–Crippen LogP) is 2.44. The molecule has 0 saturated carbocycles. The maximum Gasteiger partial charge on any atom is 0.259 e. The zero-order valence-electron chi connectivity index (χ0n) is 13.1. The van der Waals surface area contributed by atoms with Crippen molar-refractivity contribution in [3.63, 3.8) is 0 Å². The normalized spacial score (nSPS) is 10.5. The molecule has 5 nitrogen and oxygen atoms in total. The van der Waals surface area contributed by atoms with Crippen LogP contribution in [0.1, 0.15) is 15.9 Å². The molecule has 1 amide bonds. The van der Waals surface area contributed by atoms with E-state index >= 15 is 0 Å². The van der Waals surface area contributed by atoms with E-state index in [4.69, 9.17) is 4.74 Å². The summed E-state index contributed by atoms with van der Waals surface area (Å²) in [5.74, 6) is 0.206. The van der Waals surface area contributed by atoms with Crippen molar-refractivity contribution in [2.75, 3.05) is 20.7 Å². The molecule has 0 unspecified atom stereocenters. The number of likely N-dealkylation sites (N-methyl/N-ethyl adjacent to an activating group) is 1. The number of nitrogens with zero attached hydrogens (tertiary/aromatic N) is 2. The first-order valence-corrected chi connectivity index (χ1v) is 7.12. The molecule has 0 radical (unpaired) electrons. The summed E-state index contributed by atoms with van der Waals surface area (Å²) in [6, 6.07) is 10.4. The summed E-state index contributed by atoms with van der Waals surface area (Å²) in [5, 5.41) is 0. The standard InChI is InChI=1S/C18H18N2O3/c1-20(2)18(22)13-23-16-7-3-6-15(11-16)17(21)9-8-14-5-4-10-19-12-14/h3-12H,13H2,1-2H3/b9-8+. The molecule has 0 atom stereocenters. The van der Waals surface area contributed by atoms with Crippen LogP contribution in [0.25, 0.3) is 6.08 Å². The van der Waals surface area contributed by atoms with Gasteiger partial charge in [0.1, 0.15) is 5.75 Å². The van der Waals surface area contributed by atoms with Crippen LogP contribution in [-0.4, -0.2) is 42.3 Å². The van der Waals surface area contributed by atoms with Gasteiger partial charge in [-0.25, -0.2) is 0 Å². The Morgan fingerprint density at radius 2 is 2.04 bits per heavy atom. The maximum absolute atomic E-state index is 12.2. The largest absolute Gasteiger partial charge is 0.484 e. The zero-order chi connectivity index (χ0) is 16.7. The molecule has 0 aliphatic rings. The molecule has 0 aliphatic heterocycles. The Kier molecular flexibility index (Phi) is 5.63. The summed E-state index contributed by atoms with van der Waals surface area (Å²) in [6.45, 7) is -0.0594. The number of amides is 1. The highest BCUT2D eigenvalue weighted by Gasteiger charge is 2.07. The highest BCUT2D eigenvalue weighted by atomic mass is 16.5. The molecular weight excluding hydrogens is 292 g/mol. The number of carbonyl (C=O) groups excluding carboxylic acids is 2. The molecule has 0 bridgehead atoms. The smallest absolute Gasteiger partial charge is 0.259 e. The van der Waals surface area contributed by atoms with Crippen LogP contribution in [0.15, 0.2) is 54.9 Å². The van der Waals surface area contributed by atoms with Crippen LogP contribution in [-0.2, 0) is 4.79 Å². The minimum absolute atomic E-state index is 0.0594. The number of hydrogen-bond acceptors (Lipinski definition) is 4. The first-order chi connectivity index (χ1) is 11.1. The second-order valence-corrected chi connectivity index (χ2v) is 5.09. The SMILES string of the molecule is CN(C)C(=O)COc1cccc(C(=O)/C=C/c2cccnc2)c1. The lowest BCUT2D eigenvalue weighted by Gasteiger charge is -2.11. The Bertz CT molecular complexity index is 709. The molecular formula is C18H18N2O3. The van der Waals surface area contributed by atoms with Gasteiger partial charge >= 0.3 is 0 Å². The van der Waals surface area contributed by atoms with Gasteiger partial charge in [-0.1, -0.05) is 18.2 Å². The van der Waals surface area contributed by atoms with Gasteiger partial charge in [0.25, 0.3) is 5.91 Å². The number of aromatic nitrogens is 1. The molecule has 1 heterocycles. The van der Waals surface area contributed by atoms with Gasteiger partial charge < -0.3 is 9.64 Å². The molecule has 0 spiro atoms. The summed E-state index contributed by atoms with van der Waals surface area (Å²) in [4.78, 5) is 29.1. The molecule has 0 N–H and O–H groups in total. The molecule has 2 aromatic rings. The Balaban J connectivity index is 2.02. The van der Waals surface area contributed by atoms with Crippen LogP contribution in [0.5, 0.6) is 5.75 Å². The molecule has 1 aromatic carbocycles. The summed E-state index contributed by atoms with van der Waals surface area (Å²) >= 11 is 0. The number of pyridine rings is 1. The second kappa shape index (κ2) is 7.89. The Hall–Kier alpha value is -2.95. The van der Waals surface area contributed by atoms with Gasteiger partial charge in [0.05, 0.1) is 0 Å². The van der Waals surface area contributed by atoms with Crippen LogP contribution in [0.3, 0.4) is 0 Å². The van der Waals surface area contributed by atoms with E-state index in [9.17, 15) is 9.59 Å². The highest BCUT2D eigenvalue weighted by Crippen LogP contribution is 2.15. The summed E-state index contributed by atoms with van der Waals surface area (Å²) in [6.07, 6.45) is 6.55. The van der Waals surface area contributed by atoms with E-state index in [1.807, 2.05) is 6.07 Å². The van der Waals surface area contributed by atoms with Crippen molar-refractivity contribution in [1.82, 2.24) is 9.88 Å². The fraction of sp³-hybridized carbons (Fsp3) is 0.167. The topological polar surface area (TPSA) is 59.5 Å². The third-order valence-electron chi connectivity index (χ3n) is 3.09. The van der Waals surface area contributed by atoms with Crippen LogP contribution in [0.2, 0.25) is 0 Å². The van der Waals surface area contributed by atoms with Crippen molar-refractivity contribution in [2.24, 2.45) is 0 Å². The zero-order valence-corrected chi connectivity index (χ0v) is 13.1. The van der Waals surface area contributed by atoms with Crippen molar-refractivity contribution >= 4 is 17.8 Å². The predicted molar refractivity (Wildman–Crippen MR) is 88.2 cm³/mol. The fourth-order valence-corrected chi connectivity index (χ4v) is 1.76. The van der Waals surface area contributed by atoms with Crippen LogP contribution in [0.4, 0.5) is 0 Å². The lowest BCUT2D eigenvalue weighted by molar-refractivity contribution is -0.130. The number of carbonyl (C=O) groups is 2.